The zero-order valence-corrected chi connectivity index (χ0v) is 14.1. The van der Waals surface area contributed by atoms with Crippen LogP contribution in [0.15, 0.2) is 43.1 Å². The van der Waals surface area contributed by atoms with Crippen LogP contribution in [0.1, 0.15) is 25.0 Å². The lowest BCUT2D eigenvalue weighted by Gasteiger charge is -2.20. The minimum Gasteiger partial charge on any atom is -0.491 e. The van der Waals surface area contributed by atoms with Crippen molar-refractivity contribution in [2.24, 2.45) is 7.05 Å². The number of rotatable bonds is 6. The van der Waals surface area contributed by atoms with Crippen molar-refractivity contribution in [3.8, 4) is 5.75 Å². The molecule has 1 heterocycles. The highest BCUT2D eigenvalue weighted by Gasteiger charge is 2.18. The number of carbonyl (C=O) groups is 1. The number of aryl methyl sites for hydroxylation is 2. The molecule has 0 aliphatic rings. The van der Waals surface area contributed by atoms with E-state index in [9.17, 15) is 4.79 Å². The van der Waals surface area contributed by atoms with E-state index in [1.807, 2.05) is 58.3 Å². The maximum absolute atomic E-state index is 12.2. The molecule has 0 aliphatic carbocycles. The lowest BCUT2D eigenvalue weighted by Crippen LogP contribution is -2.29. The smallest absolute Gasteiger partial charge is 0.251 e. The molecular weight excluding hydrogens is 290 g/mol. The van der Waals surface area contributed by atoms with Crippen LogP contribution in [0.25, 0.3) is 0 Å². The molecule has 0 N–H and O–H groups in total. The number of nitrogens with zero attached hydrogens (tertiary/aromatic N) is 3. The average molecular weight is 313 g/mol. The summed E-state index contributed by atoms with van der Waals surface area (Å²) in [4.78, 5) is 13.9. The molecule has 1 aromatic heterocycles. The summed E-state index contributed by atoms with van der Waals surface area (Å²) >= 11 is 0. The van der Waals surface area contributed by atoms with Crippen LogP contribution in [-0.4, -0.2) is 21.8 Å². The van der Waals surface area contributed by atoms with E-state index < -0.39 is 0 Å². The van der Waals surface area contributed by atoms with E-state index in [2.05, 4.69) is 11.7 Å². The summed E-state index contributed by atoms with van der Waals surface area (Å²) in [5.41, 5.74) is 1.95. The molecule has 2 aromatic rings. The highest BCUT2D eigenvalue weighted by Crippen LogP contribution is 2.21. The van der Waals surface area contributed by atoms with Crippen molar-refractivity contribution in [3.05, 3.63) is 54.2 Å². The first kappa shape index (κ1) is 16.8. The second-order valence-corrected chi connectivity index (χ2v) is 5.75. The van der Waals surface area contributed by atoms with Gasteiger partial charge in [-0.3, -0.25) is 14.4 Å². The molecule has 0 aliphatic heterocycles. The van der Waals surface area contributed by atoms with Crippen molar-refractivity contribution in [3.63, 3.8) is 0 Å². The molecular formula is C18H23N3O2. The summed E-state index contributed by atoms with van der Waals surface area (Å²) in [6, 6.07) is 7.74. The SMILES string of the molecule is C=CC(=O)N(Cc1ccc(OC(C)C)cc1)c1nn(C)cc1C. The highest BCUT2D eigenvalue weighted by molar-refractivity contribution is 6.00. The third-order valence-electron chi connectivity index (χ3n) is 3.32. The Morgan fingerprint density at radius 2 is 2.04 bits per heavy atom. The fourth-order valence-corrected chi connectivity index (χ4v) is 2.36. The fourth-order valence-electron chi connectivity index (χ4n) is 2.36. The predicted molar refractivity (Wildman–Crippen MR) is 91.5 cm³/mol. The molecule has 0 atom stereocenters. The molecule has 5 nitrogen and oxygen atoms in total. The lowest BCUT2D eigenvalue weighted by molar-refractivity contribution is -0.114. The first-order valence-electron chi connectivity index (χ1n) is 7.60. The van der Waals surface area contributed by atoms with Gasteiger partial charge in [0.1, 0.15) is 5.75 Å². The van der Waals surface area contributed by atoms with Crippen LogP contribution in [0.2, 0.25) is 0 Å². The number of aromatic nitrogens is 2. The Morgan fingerprint density at radius 1 is 1.39 bits per heavy atom. The Hall–Kier alpha value is -2.56. The average Bonchev–Trinajstić information content (AvgIpc) is 2.83. The summed E-state index contributed by atoms with van der Waals surface area (Å²) in [6.45, 7) is 9.93. The summed E-state index contributed by atoms with van der Waals surface area (Å²) in [6.07, 6.45) is 3.33. The van der Waals surface area contributed by atoms with Crippen LogP contribution >= 0.6 is 0 Å². The van der Waals surface area contributed by atoms with Gasteiger partial charge in [-0.05, 0) is 44.5 Å². The molecule has 0 saturated carbocycles. The normalized spacial score (nSPS) is 10.7. The predicted octanol–water partition coefficient (Wildman–Crippen LogP) is 3.23. The zero-order valence-electron chi connectivity index (χ0n) is 14.1. The largest absolute Gasteiger partial charge is 0.491 e. The topological polar surface area (TPSA) is 47.4 Å². The van der Waals surface area contributed by atoms with Crippen molar-refractivity contribution < 1.29 is 9.53 Å². The maximum Gasteiger partial charge on any atom is 0.251 e. The summed E-state index contributed by atoms with van der Waals surface area (Å²) in [5, 5.41) is 4.38. The Morgan fingerprint density at radius 3 is 2.52 bits per heavy atom. The first-order chi connectivity index (χ1) is 10.9. The number of ether oxygens (including phenoxy) is 1. The molecule has 1 amide bonds. The molecule has 0 saturated heterocycles. The Kier molecular flexibility index (Phi) is 5.21. The summed E-state index contributed by atoms with van der Waals surface area (Å²) in [5.74, 6) is 1.30. The maximum atomic E-state index is 12.2. The van der Waals surface area contributed by atoms with Crippen LogP contribution in [-0.2, 0) is 18.4 Å². The van der Waals surface area contributed by atoms with Crippen LogP contribution < -0.4 is 9.64 Å². The second kappa shape index (κ2) is 7.13. The molecule has 0 bridgehead atoms. The van der Waals surface area contributed by atoms with Gasteiger partial charge in [-0.2, -0.15) is 5.10 Å². The van der Waals surface area contributed by atoms with Gasteiger partial charge in [0.2, 0.25) is 0 Å². The third-order valence-corrected chi connectivity index (χ3v) is 3.32. The van der Waals surface area contributed by atoms with E-state index >= 15 is 0 Å². The molecule has 0 radical (unpaired) electrons. The molecule has 5 heteroatoms. The van der Waals surface area contributed by atoms with Gasteiger partial charge >= 0.3 is 0 Å². The number of carbonyl (C=O) groups excluding carboxylic acids is 1. The molecule has 23 heavy (non-hydrogen) atoms. The van der Waals surface area contributed by atoms with E-state index in [1.165, 1.54) is 6.08 Å². The highest BCUT2D eigenvalue weighted by atomic mass is 16.5. The zero-order chi connectivity index (χ0) is 17.0. The van der Waals surface area contributed by atoms with Crippen molar-refractivity contribution >= 4 is 11.7 Å². The monoisotopic (exact) mass is 313 g/mol. The first-order valence-corrected chi connectivity index (χ1v) is 7.60. The van der Waals surface area contributed by atoms with E-state index in [1.54, 1.807) is 9.58 Å². The van der Waals surface area contributed by atoms with Gasteiger partial charge in [-0.15, -0.1) is 0 Å². The van der Waals surface area contributed by atoms with Crippen LogP contribution in [0.3, 0.4) is 0 Å². The second-order valence-electron chi connectivity index (χ2n) is 5.75. The van der Waals surface area contributed by atoms with Gasteiger partial charge in [-0.25, -0.2) is 0 Å². The molecule has 0 unspecified atom stereocenters. The van der Waals surface area contributed by atoms with Crippen LogP contribution in [0.5, 0.6) is 5.75 Å². The number of anilines is 1. The molecule has 0 fully saturated rings. The number of hydrogen-bond donors (Lipinski definition) is 0. The fraction of sp³-hybridized carbons (Fsp3) is 0.333. The van der Waals surface area contributed by atoms with E-state index in [-0.39, 0.29) is 12.0 Å². The molecule has 2 rings (SSSR count). The molecule has 1 aromatic carbocycles. The summed E-state index contributed by atoms with van der Waals surface area (Å²) in [7, 11) is 1.84. The van der Waals surface area contributed by atoms with Crippen molar-refractivity contribution in [1.82, 2.24) is 9.78 Å². The number of hydrogen-bond acceptors (Lipinski definition) is 3. The van der Waals surface area contributed by atoms with Crippen molar-refractivity contribution in [2.45, 2.75) is 33.4 Å². The van der Waals surface area contributed by atoms with E-state index in [0.717, 1.165) is 16.9 Å². The summed E-state index contributed by atoms with van der Waals surface area (Å²) < 4.78 is 7.34. The Bertz CT molecular complexity index is 687. The van der Waals surface area contributed by atoms with E-state index in [4.69, 9.17) is 4.74 Å². The van der Waals surface area contributed by atoms with Gasteiger partial charge < -0.3 is 4.74 Å². The van der Waals surface area contributed by atoms with Crippen molar-refractivity contribution in [2.75, 3.05) is 4.90 Å². The quantitative estimate of drug-likeness (QED) is 0.769. The van der Waals surface area contributed by atoms with E-state index in [0.29, 0.717) is 12.4 Å². The number of amides is 1. The standard InChI is InChI=1S/C18H23N3O2/c1-6-17(22)21(18-14(4)11-20(5)19-18)12-15-7-9-16(10-8-15)23-13(2)3/h6-11,13H,1,12H2,2-5H3. The van der Waals surface area contributed by atoms with Gasteiger partial charge in [0, 0.05) is 18.8 Å². The molecule has 0 spiro atoms. The van der Waals surface area contributed by atoms with Gasteiger partial charge in [0.05, 0.1) is 12.6 Å². The van der Waals surface area contributed by atoms with Crippen LogP contribution in [0.4, 0.5) is 5.82 Å². The van der Waals surface area contributed by atoms with Crippen LogP contribution in [0, 0.1) is 6.92 Å². The minimum atomic E-state index is -0.172. The van der Waals surface area contributed by atoms with Gasteiger partial charge in [0.15, 0.2) is 5.82 Å². The Labute approximate surface area is 137 Å². The van der Waals surface area contributed by atoms with Gasteiger partial charge in [-0.1, -0.05) is 18.7 Å². The third kappa shape index (κ3) is 4.22. The minimum absolute atomic E-state index is 0.135. The lowest BCUT2D eigenvalue weighted by atomic mass is 10.2. The Balaban J connectivity index is 2.23. The molecule has 122 valence electrons. The van der Waals surface area contributed by atoms with Crippen molar-refractivity contribution in [1.29, 1.82) is 0 Å². The van der Waals surface area contributed by atoms with Gasteiger partial charge in [0.25, 0.3) is 5.91 Å². The number of benzene rings is 1.